The van der Waals surface area contributed by atoms with E-state index in [2.05, 4.69) is 20.6 Å². The smallest absolute Gasteiger partial charge is 0.232 e. The van der Waals surface area contributed by atoms with E-state index in [1.165, 1.54) is 17.5 Å². The number of aliphatic hydroxyl groups is 1. The van der Waals surface area contributed by atoms with Crippen molar-refractivity contribution in [2.75, 3.05) is 12.4 Å². The number of anilines is 1. The quantitative estimate of drug-likeness (QED) is 0.556. The van der Waals surface area contributed by atoms with Crippen molar-refractivity contribution in [2.45, 2.75) is 26.2 Å². The third-order valence-corrected chi connectivity index (χ3v) is 5.44. The number of ether oxygens (including phenoxy) is 1. The number of nitrogens with one attached hydrogen (secondary N) is 1. The molecule has 0 saturated carbocycles. The van der Waals surface area contributed by atoms with Crippen LogP contribution in [0.4, 0.5) is 5.13 Å². The molecule has 3 rings (SSSR count). The topological polar surface area (TPSA) is 102 Å². The average molecular weight is 442 g/mol. The summed E-state index contributed by atoms with van der Waals surface area (Å²) in [5.74, 6) is -0.280. The number of thiazole rings is 1. The van der Waals surface area contributed by atoms with Crippen molar-refractivity contribution in [3.05, 3.63) is 56.3 Å². The van der Waals surface area contributed by atoms with Crippen molar-refractivity contribution >= 4 is 45.6 Å². The predicted molar refractivity (Wildman–Crippen MR) is 107 cm³/mol. The molecule has 11 heteroatoms. The standard InChI is InChI=1S/C17H17Cl2N5O3S/c1-27-9-15-14(5-16(26)21-17-20-6-11(8-25)28-17)22-23-24(15)7-10-2-3-12(18)13(19)4-10/h2-4,6,25H,5,7-9H2,1H3,(H,20,21,26). The highest BCUT2D eigenvalue weighted by Gasteiger charge is 2.17. The summed E-state index contributed by atoms with van der Waals surface area (Å²) in [5, 5.41) is 21.4. The van der Waals surface area contributed by atoms with E-state index in [1.54, 1.807) is 23.9 Å². The molecule has 8 nitrogen and oxygen atoms in total. The number of benzene rings is 1. The lowest BCUT2D eigenvalue weighted by Gasteiger charge is -2.08. The molecule has 0 saturated heterocycles. The fraction of sp³-hybridized carbons (Fsp3) is 0.294. The fourth-order valence-corrected chi connectivity index (χ4v) is 3.50. The van der Waals surface area contributed by atoms with E-state index < -0.39 is 0 Å². The number of carbonyl (C=O) groups is 1. The molecule has 0 aliphatic rings. The Balaban J connectivity index is 1.73. The van der Waals surface area contributed by atoms with Gasteiger partial charge in [0.15, 0.2) is 5.13 Å². The van der Waals surface area contributed by atoms with Gasteiger partial charge in [0.2, 0.25) is 5.91 Å². The summed E-state index contributed by atoms with van der Waals surface area (Å²) in [5.41, 5.74) is 2.10. The van der Waals surface area contributed by atoms with Crippen molar-refractivity contribution in [1.29, 1.82) is 0 Å². The second-order valence-electron chi connectivity index (χ2n) is 5.84. The van der Waals surface area contributed by atoms with Gasteiger partial charge in [0.25, 0.3) is 0 Å². The third kappa shape index (κ3) is 5.06. The van der Waals surface area contributed by atoms with Gasteiger partial charge in [-0.3, -0.25) is 4.79 Å². The van der Waals surface area contributed by atoms with Crippen LogP contribution in [0.1, 0.15) is 21.8 Å². The molecule has 0 radical (unpaired) electrons. The Labute approximate surface area is 175 Å². The Kier molecular flexibility index (Phi) is 6.97. The maximum absolute atomic E-state index is 12.3. The second-order valence-corrected chi connectivity index (χ2v) is 7.77. The summed E-state index contributed by atoms with van der Waals surface area (Å²) >= 11 is 13.2. The van der Waals surface area contributed by atoms with Crippen LogP contribution in [0, 0.1) is 0 Å². The summed E-state index contributed by atoms with van der Waals surface area (Å²) in [4.78, 5) is 17.0. The van der Waals surface area contributed by atoms with Gasteiger partial charge in [0, 0.05) is 13.3 Å². The molecule has 0 atom stereocenters. The average Bonchev–Trinajstić information content (AvgIpc) is 3.26. The summed E-state index contributed by atoms with van der Waals surface area (Å²) in [7, 11) is 1.56. The van der Waals surface area contributed by atoms with E-state index in [-0.39, 0.29) is 25.5 Å². The van der Waals surface area contributed by atoms with Crippen LogP contribution in [0.3, 0.4) is 0 Å². The lowest BCUT2D eigenvalue weighted by molar-refractivity contribution is -0.115. The molecular weight excluding hydrogens is 425 g/mol. The molecule has 2 heterocycles. The largest absolute Gasteiger partial charge is 0.391 e. The minimum absolute atomic E-state index is 0.0219. The Morgan fingerprint density at radius 3 is 2.86 bits per heavy atom. The number of hydrogen-bond acceptors (Lipinski definition) is 7. The van der Waals surface area contributed by atoms with Crippen LogP contribution in [0.5, 0.6) is 0 Å². The summed E-state index contributed by atoms with van der Waals surface area (Å²) in [6.07, 6.45) is 1.54. The van der Waals surface area contributed by atoms with Gasteiger partial charge in [-0.2, -0.15) is 0 Å². The molecule has 1 amide bonds. The molecule has 2 aromatic heterocycles. The number of carbonyl (C=O) groups excluding carboxylic acids is 1. The highest BCUT2D eigenvalue weighted by atomic mass is 35.5. The van der Waals surface area contributed by atoms with E-state index in [9.17, 15) is 4.79 Å². The molecule has 0 spiro atoms. The van der Waals surface area contributed by atoms with Crippen molar-refractivity contribution in [3.8, 4) is 0 Å². The van der Waals surface area contributed by atoms with E-state index in [0.29, 0.717) is 38.0 Å². The first kappa shape index (κ1) is 20.7. The monoisotopic (exact) mass is 441 g/mol. The van der Waals surface area contributed by atoms with E-state index in [4.69, 9.17) is 33.0 Å². The Morgan fingerprint density at radius 1 is 1.36 bits per heavy atom. The van der Waals surface area contributed by atoms with Gasteiger partial charge in [0.1, 0.15) is 0 Å². The molecule has 0 aliphatic carbocycles. The third-order valence-electron chi connectivity index (χ3n) is 3.80. The van der Waals surface area contributed by atoms with Gasteiger partial charge in [-0.25, -0.2) is 9.67 Å². The van der Waals surface area contributed by atoms with Crippen LogP contribution < -0.4 is 5.32 Å². The first-order valence-electron chi connectivity index (χ1n) is 8.19. The summed E-state index contributed by atoms with van der Waals surface area (Å²) < 4.78 is 6.91. The van der Waals surface area contributed by atoms with Gasteiger partial charge >= 0.3 is 0 Å². The first-order valence-corrected chi connectivity index (χ1v) is 9.77. The second kappa shape index (κ2) is 9.44. The van der Waals surface area contributed by atoms with Gasteiger partial charge in [-0.1, -0.05) is 45.8 Å². The zero-order valence-electron chi connectivity index (χ0n) is 14.9. The number of aromatic nitrogens is 4. The van der Waals surface area contributed by atoms with Crippen LogP contribution >= 0.6 is 34.5 Å². The fourth-order valence-electron chi connectivity index (χ4n) is 2.49. The zero-order valence-corrected chi connectivity index (χ0v) is 17.2. The summed E-state index contributed by atoms with van der Waals surface area (Å²) in [6, 6.07) is 5.32. The molecule has 0 unspecified atom stereocenters. The van der Waals surface area contributed by atoms with E-state index >= 15 is 0 Å². The number of amides is 1. The number of halogens is 2. The molecule has 1 aromatic carbocycles. The summed E-state index contributed by atoms with van der Waals surface area (Å²) in [6.45, 7) is 0.550. The number of hydrogen-bond donors (Lipinski definition) is 2. The molecule has 148 valence electrons. The van der Waals surface area contributed by atoms with Crippen LogP contribution in [-0.2, 0) is 35.7 Å². The minimum atomic E-state index is -0.280. The molecular formula is C17H17Cl2N5O3S. The Hall–Kier alpha value is -2.04. The van der Waals surface area contributed by atoms with Gasteiger partial charge in [0.05, 0.1) is 52.5 Å². The van der Waals surface area contributed by atoms with E-state index in [1.807, 2.05) is 6.07 Å². The van der Waals surface area contributed by atoms with Crippen LogP contribution in [0.25, 0.3) is 0 Å². The predicted octanol–water partition coefficient (Wildman–Crippen LogP) is 2.91. The normalized spacial score (nSPS) is 11.0. The van der Waals surface area contributed by atoms with E-state index in [0.717, 1.165) is 5.56 Å². The maximum atomic E-state index is 12.3. The number of aliphatic hydroxyl groups excluding tert-OH is 1. The molecule has 28 heavy (non-hydrogen) atoms. The lowest BCUT2D eigenvalue weighted by atomic mass is 10.2. The van der Waals surface area contributed by atoms with Gasteiger partial charge in [-0.15, -0.1) is 5.10 Å². The van der Waals surface area contributed by atoms with Crippen molar-refractivity contribution < 1.29 is 14.6 Å². The molecule has 0 fully saturated rings. The minimum Gasteiger partial charge on any atom is -0.391 e. The van der Waals surface area contributed by atoms with Crippen LogP contribution in [0.2, 0.25) is 10.0 Å². The highest BCUT2D eigenvalue weighted by Crippen LogP contribution is 2.23. The van der Waals surface area contributed by atoms with Crippen molar-refractivity contribution in [2.24, 2.45) is 0 Å². The molecule has 3 aromatic rings. The van der Waals surface area contributed by atoms with Crippen molar-refractivity contribution in [3.63, 3.8) is 0 Å². The maximum Gasteiger partial charge on any atom is 0.232 e. The highest BCUT2D eigenvalue weighted by molar-refractivity contribution is 7.15. The first-order chi connectivity index (χ1) is 13.5. The van der Waals surface area contributed by atoms with Crippen LogP contribution in [0.15, 0.2) is 24.4 Å². The Bertz CT molecular complexity index is 976. The number of nitrogens with zero attached hydrogens (tertiary/aromatic N) is 4. The van der Waals surface area contributed by atoms with Gasteiger partial charge < -0.3 is 15.2 Å². The number of rotatable bonds is 8. The van der Waals surface area contributed by atoms with Crippen molar-refractivity contribution in [1.82, 2.24) is 20.0 Å². The van der Waals surface area contributed by atoms with Crippen LogP contribution in [-0.4, -0.2) is 38.1 Å². The lowest BCUT2D eigenvalue weighted by Crippen LogP contribution is -2.16. The molecule has 0 aliphatic heterocycles. The SMILES string of the molecule is COCc1c(CC(=O)Nc2ncc(CO)s2)nnn1Cc1ccc(Cl)c(Cl)c1. The van der Waals surface area contributed by atoms with Gasteiger partial charge in [-0.05, 0) is 17.7 Å². The molecule has 2 N–H and O–H groups in total. The molecule has 0 bridgehead atoms. The zero-order chi connectivity index (χ0) is 20.1. The number of methoxy groups -OCH3 is 1. The Morgan fingerprint density at radius 2 is 2.18 bits per heavy atom.